The van der Waals surface area contributed by atoms with E-state index in [1.165, 1.54) is 0 Å². The lowest BCUT2D eigenvalue weighted by Crippen LogP contribution is -2.37. The van der Waals surface area contributed by atoms with Crippen molar-refractivity contribution in [1.82, 2.24) is 4.90 Å². The van der Waals surface area contributed by atoms with Crippen molar-refractivity contribution in [3.63, 3.8) is 0 Å². The molecule has 1 aromatic rings. The van der Waals surface area contributed by atoms with Gasteiger partial charge in [-0.1, -0.05) is 25.1 Å². The van der Waals surface area contributed by atoms with Crippen LogP contribution in [0.5, 0.6) is 5.75 Å². The fraction of sp³-hybridized carbons (Fsp3) is 0.500. The Morgan fingerprint density at radius 3 is 2.67 bits per heavy atom. The number of carboxylic acid groups (broad SMARTS) is 1. The number of nitrogens with zero attached hydrogens (tertiary/aromatic N) is 1. The standard InChI is InChI=1S/C16H21NO4/c1-3-16(15(19)20)8-9-17(11-16)14(18)10-12-6-4-5-7-13(12)21-2/h4-7H,3,8-11H2,1-2H3,(H,19,20). The molecule has 0 spiro atoms. The number of likely N-dealkylation sites (tertiary alicyclic amines) is 1. The zero-order chi connectivity index (χ0) is 15.5. The van der Waals surface area contributed by atoms with Crippen LogP contribution in [0.2, 0.25) is 0 Å². The van der Waals surface area contributed by atoms with Crippen LogP contribution in [0, 0.1) is 5.41 Å². The highest BCUT2D eigenvalue weighted by Crippen LogP contribution is 2.34. The minimum Gasteiger partial charge on any atom is -0.496 e. The SMILES string of the molecule is CCC1(C(=O)O)CCN(C(=O)Cc2ccccc2OC)C1. The van der Waals surface area contributed by atoms with Crippen molar-refractivity contribution in [2.75, 3.05) is 20.2 Å². The molecule has 114 valence electrons. The summed E-state index contributed by atoms with van der Waals surface area (Å²) in [6.45, 7) is 2.67. The number of hydrogen-bond acceptors (Lipinski definition) is 3. The van der Waals surface area contributed by atoms with Gasteiger partial charge in [0.1, 0.15) is 5.75 Å². The van der Waals surface area contributed by atoms with Gasteiger partial charge in [-0.2, -0.15) is 0 Å². The van der Waals surface area contributed by atoms with E-state index in [1.54, 1.807) is 12.0 Å². The van der Waals surface area contributed by atoms with Gasteiger partial charge in [0.15, 0.2) is 0 Å². The van der Waals surface area contributed by atoms with Gasteiger partial charge < -0.3 is 14.7 Å². The van der Waals surface area contributed by atoms with Crippen LogP contribution in [0.1, 0.15) is 25.3 Å². The lowest BCUT2D eigenvalue weighted by molar-refractivity contribution is -0.148. The van der Waals surface area contributed by atoms with Crippen LogP contribution in [0.25, 0.3) is 0 Å². The Hall–Kier alpha value is -2.04. The van der Waals surface area contributed by atoms with E-state index in [0.29, 0.717) is 31.7 Å². The van der Waals surface area contributed by atoms with E-state index in [9.17, 15) is 14.7 Å². The molecule has 0 aromatic heterocycles. The second kappa shape index (κ2) is 6.16. The highest BCUT2D eigenvalue weighted by molar-refractivity contribution is 5.82. The zero-order valence-electron chi connectivity index (χ0n) is 12.5. The minimum atomic E-state index is -0.808. The van der Waals surface area contributed by atoms with Gasteiger partial charge in [-0.25, -0.2) is 0 Å². The van der Waals surface area contributed by atoms with Crippen LogP contribution < -0.4 is 4.74 Å². The van der Waals surface area contributed by atoms with Gasteiger partial charge in [0.2, 0.25) is 5.91 Å². The highest BCUT2D eigenvalue weighted by Gasteiger charge is 2.44. The summed E-state index contributed by atoms with van der Waals surface area (Å²) in [5.41, 5.74) is 0.0468. The van der Waals surface area contributed by atoms with E-state index in [0.717, 1.165) is 5.56 Å². The molecule has 1 amide bonds. The molecule has 1 fully saturated rings. The highest BCUT2D eigenvalue weighted by atomic mass is 16.5. The zero-order valence-corrected chi connectivity index (χ0v) is 12.5. The molecule has 0 aliphatic carbocycles. The molecular weight excluding hydrogens is 270 g/mol. The number of rotatable bonds is 5. The number of para-hydroxylation sites is 1. The molecule has 5 heteroatoms. The van der Waals surface area contributed by atoms with E-state index >= 15 is 0 Å². The largest absolute Gasteiger partial charge is 0.496 e. The number of carbonyl (C=O) groups excluding carboxylic acids is 1. The summed E-state index contributed by atoms with van der Waals surface area (Å²) in [5.74, 6) is -0.168. The Kier molecular flexibility index (Phi) is 4.50. The average molecular weight is 291 g/mol. The van der Waals surface area contributed by atoms with E-state index in [1.807, 2.05) is 31.2 Å². The van der Waals surface area contributed by atoms with Gasteiger partial charge in [-0.15, -0.1) is 0 Å². The Labute approximate surface area is 124 Å². The predicted molar refractivity (Wildman–Crippen MR) is 78.3 cm³/mol. The van der Waals surface area contributed by atoms with Gasteiger partial charge in [0, 0.05) is 18.7 Å². The van der Waals surface area contributed by atoms with Crippen LogP contribution in [-0.2, 0) is 16.0 Å². The number of carbonyl (C=O) groups is 2. The molecule has 2 rings (SSSR count). The molecule has 1 aromatic carbocycles. The Bertz CT molecular complexity index is 543. The van der Waals surface area contributed by atoms with Crippen molar-refractivity contribution in [2.24, 2.45) is 5.41 Å². The summed E-state index contributed by atoms with van der Waals surface area (Å²) in [4.78, 5) is 25.5. The number of benzene rings is 1. The van der Waals surface area contributed by atoms with Crippen molar-refractivity contribution in [3.8, 4) is 5.75 Å². The first kappa shape index (κ1) is 15.4. The topological polar surface area (TPSA) is 66.8 Å². The summed E-state index contributed by atoms with van der Waals surface area (Å²) in [6, 6.07) is 7.40. The molecule has 1 aliphatic heterocycles. The van der Waals surface area contributed by atoms with Crippen LogP contribution in [0.4, 0.5) is 0 Å². The molecule has 1 unspecified atom stereocenters. The predicted octanol–water partition coefficient (Wildman–Crippen LogP) is 1.95. The fourth-order valence-electron chi connectivity index (χ4n) is 2.82. The van der Waals surface area contributed by atoms with Crippen LogP contribution in [0.3, 0.4) is 0 Å². The average Bonchev–Trinajstić information content (AvgIpc) is 2.94. The van der Waals surface area contributed by atoms with Crippen molar-refractivity contribution in [2.45, 2.75) is 26.2 Å². The second-order valence-corrected chi connectivity index (χ2v) is 5.49. The molecule has 0 saturated carbocycles. The molecule has 1 N–H and O–H groups in total. The lowest BCUT2D eigenvalue weighted by Gasteiger charge is -2.23. The molecule has 5 nitrogen and oxygen atoms in total. The monoisotopic (exact) mass is 291 g/mol. The lowest BCUT2D eigenvalue weighted by atomic mass is 9.84. The first-order valence-corrected chi connectivity index (χ1v) is 7.15. The molecule has 1 heterocycles. The summed E-state index contributed by atoms with van der Waals surface area (Å²) >= 11 is 0. The third-order valence-electron chi connectivity index (χ3n) is 4.37. The molecule has 1 aliphatic rings. The summed E-state index contributed by atoms with van der Waals surface area (Å²) in [5, 5.41) is 9.38. The quantitative estimate of drug-likeness (QED) is 0.900. The van der Waals surface area contributed by atoms with Crippen molar-refractivity contribution < 1.29 is 19.4 Å². The Morgan fingerprint density at radius 2 is 2.10 bits per heavy atom. The number of carboxylic acids is 1. The molecule has 1 saturated heterocycles. The maximum Gasteiger partial charge on any atom is 0.311 e. The minimum absolute atomic E-state index is 0.0453. The van der Waals surface area contributed by atoms with E-state index in [-0.39, 0.29) is 12.3 Å². The Morgan fingerprint density at radius 1 is 1.38 bits per heavy atom. The summed E-state index contributed by atoms with van der Waals surface area (Å²) in [7, 11) is 1.58. The van der Waals surface area contributed by atoms with Gasteiger partial charge in [-0.05, 0) is 18.9 Å². The van der Waals surface area contributed by atoms with E-state index in [2.05, 4.69) is 0 Å². The maximum absolute atomic E-state index is 12.4. The number of hydrogen-bond donors (Lipinski definition) is 1. The third-order valence-corrected chi connectivity index (χ3v) is 4.37. The number of methoxy groups -OCH3 is 1. The summed E-state index contributed by atoms with van der Waals surface area (Å²) in [6.07, 6.45) is 1.31. The first-order valence-electron chi connectivity index (χ1n) is 7.15. The summed E-state index contributed by atoms with van der Waals surface area (Å²) < 4.78 is 5.24. The van der Waals surface area contributed by atoms with Crippen molar-refractivity contribution in [3.05, 3.63) is 29.8 Å². The number of amides is 1. The van der Waals surface area contributed by atoms with Gasteiger partial charge in [0.25, 0.3) is 0 Å². The number of aliphatic carboxylic acids is 1. The van der Waals surface area contributed by atoms with Crippen molar-refractivity contribution >= 4 is 11.9 Å². The molecule has 21 heavy (non-hydrogen) atoms. The van der Waals surface area contributed by atoms with Crippen LogP contribution >= 0.6 is 0 Å². The molecule has 0 radical (unpaired) electrons. The van der Waals surface area contributed by atoms with E-state index < -0.39 is 11.4 Å². The Balaban J connectivity index is 2.07. The maximum atomic E-state index is 12.4. The fourth-order valence-corrected chi connectivity index (χ4v) is 2.82. The molecular formula is C16H21NO4. The molecule has 0 bridgehead atoms. The van der Waals surface area contributed by atoms with E-state index in [4.69, 9.17) is 4.74 Å². The van der Waals surface area contributed by atoms with Gasteiger partial charge in [-0.3, -0.25) is 9.59 Å². The smallest absolute Gasteiger partial charge is 0.311 e. The van der Waals surface area contributed by atoms with Crippen molar-refractivity contribution in [1.29, 1.82) is 0 Å². The molecule has 1 atom stereocenters. The first-order chi connectivity index (χ1) is 10.0. The van der Waals surface area contributed by atoms with Gasteiger partial charge >= 0.3 is 5.97 Å². The van der Waals surface area contributed by atoms with Crippen LogP contribution in [-0.4, -0.2) is 42.1 Å². The van der Waals surface area contributed by atoms with Gasteiger partial charge in [0.05, 0.1) is 18.9 Å². The number of ether oxygens (including phenoxy) is 1. The third kappa shape index (κ3) is 3.01. The van der Waals surface area contributed by atoms with Crippen LogP contribution in [0.15, 0.2) is 24.3 Å². The normalized spacial score (nSPS) is 21.3. The second-order valence-electron chi connectivity index (χ2n) is 5.49.